The lowest BCUT2D eigenvalue weighted by atomic mass is 10.1. The minimum absolute atomic E-state index is 0.122. The van der Waals surface area contributed by atoms with Crippen LogP contribution in [0.1, 0.15) is 32.6 Å². The van der Waals surface area contributed by atoms with Gasteiger partial charge in [-0.05, 0) is 19.8 Å². The van der Waals surface area contributed by atoms with E-state index in [9.17, 15) is 8.78 Å². The third-order valence-corrected chi connectivity index (χ3v) is 3.37. The van der Waals surface area contributed by atoms with Crippen LogP contribution in [0.2, 0.25) is 0 Å². The summed E-state index contributed by atoms with van der Waals surface area (Å²) in [5.41, 5.74) is 2.15. The minimum atomic E-state index is -0.777. The van der Waals surface area contributed by atoms with Crippen molar-refractivity contribution >= 4 is 11.6 Å². The van der Waals surface area contributed by atoms with E-state index in [1.54, 1.807) is 0 Å². The van der Waals surface area contributed by atoms with Gasteiger partial charge in [-0.15, -0.1) is 0 Å². The second-order valence-electron chi connectivity index (χ2n) is 4.66. The fraction of sp³-hybridized carbons (Fsp3) is 0.583. The largest absolute Gasteiger partial charge is 0.351 e. The van der Waals surface area contributed by atoms with Crippen molar-refractivity contribution in [1.82, 2.24) is 4.98 Å². The average Bonchev–Trinajstić information content (AvgIpc) is 2.55. The molecule has 0 amide bonds. The maximum atomic E-state index is 13.8. The Bertz CT molecular complexity index is 425. The summed E-state index contributed by atoms with van der Waals surface area (Å²) in [6, 6.07) is 1.03. The maximum absolute atomic E-state index is 13.8. The third kappa shape index (κ3) is 2.53. The van der Waals surface area contributed by atoms with Gasteiger partial charge >= 0.3 is 0 Å². The lowest BCUT2D eigenvalue weighted by Crippen LogP contribution is -2.34. The number of anilines is 2. The topological polar surface area (TPSA) is 54.2 Å². The first kappa shape index (κ1) is 13.0. The molecule has 0 aromatic carbocycles. The molecule has 0 spiro atoms. The Hall–Kier alpha value is -1.43. The number of nitrogen functional groups attached to an aromatic ring is 1. The van der Waals surface area contributed by atoms with Crippen molar-refractivity contribution in [2.75, 3.05) is 16.9 Å². The highest BCUT2D eigenvalue weighted by molar-refractivity contribution is 5.49. The van der Waals surface area contributed by atoms with Crippen molar-refractivity contribution in [3.05, 3.63) is 17.7 Å². The van der Waals surface area contributed by atoms with Crippen LogP contribution in [0.3, 0.4) is 0 Å². The zero-order valence-electron chi connectivity index (χ0n) is 10.4. The average molecular weight is 256 g/mol. The summed E-state index contributed by atoms with van der Waals surface area (Å²) in [7, 11) is 0. The van der Waals surface area contributed by atoms with Gasteiger partial charge in [0.1, 0.15) is 0 Å². The number of halogens is 2. The van der Waals surface area contributed by atoms with Crippen LogP contribution in [0.25, 0.3) is 0 Å². The van der Waals surface area contributed by atoms with E-state index in [1.807, 2.05) is 11.8 Å². The predicted octanol–water partition coefficient (Wildman–Crippen LogP) is 2.41. The highest BCUT2D eigenvalue weighted by atomic mass is 19.1. The number of nitrogens with one attached hydrogen (secondary N) is 1. The zero-order valence-corrected chi connectivity index (χ0v) is 10.4. The molecule has 1 aromatic rings. The molecule has 0 aliphatic carbocycles. The van der Waals surface area contributed by atoms with Gasteiger partial charge in [-0.25, -0.2) is 19.6 Å². The van der Waals surface area contributed by atoms with E-state index in [0.717, 1.165) is 38.3 Å². The van der Waals surface area contributed by atoms with Gasteiger partial charge in [-0.1, -0.05) is 12.8 Å². The molecule has 2 rings (SSSR count). The number of hydrazine groups is 1. The van der Waals surface area contributed by atoms with Crippen LogP contribution < -0.4 is 16.2 Å². The van der Waals surface area contributed by atoms with Crippen LogP contribution in [0.4, 0.5) is 20.4 Å². The molecular formula is C12H18F2N4. The molecule has 0 saturated carbocycles. The number of hydrogen-bond acceptors (Lipinski definition) is 4. The van der Waals surface area contributed by atoms with Gasteiger partial charge in [0.15, 0.2) is 23.3 Å². The number of pyridine rings is 1. The smallest absolute Gasteiger partial charge is 0.178 e. The number of rotatable bonds is 2. The van der Waals surface area contributed by atoms with Gasteiger partial charge in [0, 0.05) is 18.7 Å². The Morgan fingerprint density at radius 3 is 2.83 bits per heavy atom. The fourth-order valence-corrected chi connectivity index (χ4v) is 2.35. The molecule has 1 aliphatic heterocycles. The molecule has 3 N–H and O–H groups in total. The van der Waals surface area contributed by atoms with E-state index in [2.05, 4.69) is 10.4 Å². The van der Waals surface area contributed by atoms with Crippen molar-refractivity contribution in [3.8, 4) is 0 Å². The molecule has 1 aliphatic rings. The highest BCUT2D eigenvalue weighted by Gasteiger charge is 2.23. The molecule has 0 bridgehead atoms. The summed E-state index contributed by atoms with van der Waals surface area (Å²) in [5, 5.41) is 0. The Balaban J connectivity index is 2.36. The van der Waals surface area contributed by atoms with Crippen LogP contribution in [0.15, 0.2) is 6.07 Å². The first-order chi connectivity index (χ1) is 8.63. The minimum Gasteiger partial charge on any atom is -0.351 e. The number of nitrogens with two attached hydrogens (primary N) is 1. The predicted molar refractivity (Wildman–Crippen MR) is 67.2 cm³/mol. The molecule has 4 nitrogen and oxygen atoms in total. The van der Waals surface area contributed by atoms with E-state index in [4.69, 9.17) is 5.84 Å². The Morgan fingerprint density at radius 2 is 2.11 bits per heavy atom. The number of nitrogens with zero attached hydrogens (tertiary/aromatic N) is 2. The molecule has 1 fully saturated rings. The van der Waals surface area contributed by atoms with Crippen molar-refractivity contribution in [1.29, 1.82) is 0 Å². The molecule has 18 heavy (non-hydrogen) atoms. The van der Waals surface area contributed by atoms with E-state index < -0.39 is 11.6 Å². The van der Waals surface area contributed by atoms with E-state index >= 15 is 0 Å². The van der Waals surface area contributed by atoms with Crippen molar-refractivity contribution in [2.45, 2.75) is 38.6 Å². The molecule has 1 aromatic heterocycles. The summed E-state index contributed by atoms with van der Waals surface area (Å²) in [6.45, 7) is 2.77. The molecule has 2 heterocycles. The fourth-order valence-electron chi connectivity index (χ4n) is 2.35. The van der Waals surface area contributed by atoms with Gasteiger partial charge in [-0.2, -0.15) is 0 Å². The summed E-state index contributed by atoms with van der Waals surface area (Å²) in [6.07, 6.45) is 4.24. The van der Waals surface area contributed by atoms with E-state index in [0.29, 0.717) is 0 Å². The monoisotopic (exact) mass is 256 g/mol. The van der Waals surface area contributed by atoms with Crippen LogP contribution in [0, 0.1) is 11.6 Å². The van der Waals surface area contributed by atoms with Crippen LogP contribution in [0.5, 0.6) is 0 Å². The summed E-state index contributed by atoms with van der Waals surface area (Å²) in [4.78, 5) is 5.84. The molecule has 6 heteroatoms. The first-order valence-electron chi connectivity index (χ1n) is 6.22. The second-order valence-corrected chi connectivity index (χ2v) is 4.66. The maximum Gasteiger partial charge on any atom is 0.178 e. The van der Waals surface area contributed by atoms with Gasteiger partial charge in [0.25, 0.3) is 0 Å². The van der Waals surface area contributed by atoms with E-state index in [-0.39, 0.29) is 17.7 Å². The lowest BCUT2D eigenvalue weighted by molar-refractivity contribution is 0.551. The highest BCUT2D eigenvalue weighted by Crippen LogP contribution is 2.27. The normalized spacial score (nSPS) is 20.7. The Kier molecular flexibility index (Phi) is 3.96. The van der Waals surface area contributed by atoms with Crippen LogP contribution >= 0.6 is 0 Å². The standard InChI is InChI=1S/C12H18F2N4/c1-8-5-3-2-4-6-18(8)12-10(14)7-9(13)11(16-12)17-15/h7-8H,2-6,15H2,1H3,(H,16,17). The number of hydrogen-bond donors (Lipinski definition) is 2. The zero-order chi connectivity index (χ0) is 13.1. The van der Waals surface area contributed by atoms with Gasteiger partial charge in [0.05, 0.1) is 0 Å². The van der Waals surface area contributed by atoms with Crippen LogP contribution in [-0.2, 0) is 0 Å². The molecule has 1 unspecified atom stereocenters. The van der Waals surface area contributed by atoms with Crippen molar-refractivity contribution < 1.29 is 8.78 Å². The summed E-state index contributed by atoms with van der Waals surface area (Å²) < 4.78 is 27.2. The Morgan fingerprint density at radius 1 is 1.33 bits per heavy atom. The molecule has 0 radical (unpaired) electrons. The summed E-state index contributed by atoms with van der Waals surface area (Å²) >= 11 is 0. The molecule has 1 atom stereocenters. The molecule has 1 saturated heterocycles. The quantitative estimate of drug-likeness (QED) is 0.630. The van der Waals surface area contributed by atoms with Crippen molar-refractivity contribution in [3.63, 3.8) is 0 Å². The second kappa shape index (κ2) is 5.48. The summed E-state index contributed by atoms with van der Waals surface area (Å²) in [5.74, 6) is 3.81. The lowest BCUT2D eigenvalue weighted by Gasteiger charge is -2.28. The van der Waals surface area contributed by atoms with Crippen LogP contribution in [-0.4, -0.2) is 17.6 Å². The van der Waals surface area contributed by atoms with Gasteiger partial charge in [0.2, 0.25) is 0 Å². The SMILES string of the molecule is CC1CCCCCN1c1nc(NN)c(F)cc1F. The molecule has 100 valence electrons. The van der Waals surface area contributed by atoms with Gasteiger partial charge in [-0.3, -0.25) is 0 Å². The van der Waals surface area contributed by atoms with E-state index in [1.165, 1.54) is 0 Å². The third-order valence-electron chi connectivity index (χ3n) is 3.37. The van der Waals surface area contributed by atoms with Crippen molar-refractivity contribution in [2.24, 2.45) is 5.84 Å². The number of aromatic nitrogens is 1. The first-order valence-corrected chi connectivity index (χ1v) is 6.22. The van der Waals surface area contributed by atoms with Gasteiger partial charge < -0.3 is 10.3 Å². The molecular weight excluding hydrogens is 238 g/mol. The Labute approximate surface area is 105 Å².